The molecular formula is C17H22F3N3O4. The molecule has 0 aliphatic carbocycles. The summed E-state index contributed by atoms with van der Waals surface area (Å²) >= 11 is 0. The quantitative estimate of drug-likeness (QED) is 0.597. The van der Waals surface area contributed by atoms with Crippen molar-refractivity contribution in [3.63, 3.8) is 0 Å². The molecule has 1 fully saturated rings. The van der Waals surface area contributed by atoms with Gasteiger partial charge in [0.25, 0.3) is 5.69 Å². The highest BCUT2D eigenvalue weighted by atomic mass is 19.4. The minimum atomic E-state index is -4.65. The number of hydrogen-bond donors (Lipinski definition) is 1. The monoisotopic (exact) mass is 389 g/mol. The van der Waals surface area contributed by atoms with Gasteiger partial charge in [-0.25, -0.2) is 0 Å². The fourth-order valence-electron chi connectivity index (χ4n) is 3.15. The molecule has 1 N–H and O–H groups in total. The molecule has 1 aromatic rings. The van der Waals surface area contributed by atoms with Gasteiger partial charge in [-0.1, -0.05) is 0 Å². The third-order valence-electron chi connectivity index (χ3n) is 4.51. The average Bonchev–Trinajstić information content (AvgIpc) is 2.60. The van der Waals surface area contributed by atoms with E-state index < -0.39 is 22.4 Å². The number of nitro benzene ring substituents is 1. The first-order chi connectivity index (χ1) is 12.6. The molecular weight excluding hydrogens is 367 g/mol. The third kappa shape index (κ3) is 5.31. The minimum Gasteiger partial charge on any atom is -0.383 e. The van der Waals surface area contributed by atoms with Crippen LogP contribution in [-0.4, -0.2) is 43.7 Å². The van der Waals surface area contributed by atoms with E-state index in [1.165, 1.54) is 7.11 Å². The summed E-state index contributed by atoms with van der Waals surface area (Å²) in [5.41, 5.74) is -1.50. The van der Waals surface area contributed by atoms with Crippen molar-refractivity contribution >= 4 is 17.3 Å². The Balaban J connectivity index is 2.07. The minimum absolute atomic E-state index is 0.110. The molecule has 0 spiro atoms. The molecule has 150 valence electrons. The SMILES string of the molecule is COCC(C)NC(=O)C1CCN(c2ccc(C(F)(F)F)cc2[N+](=O)[O-])CC1. The summed E-state index contributed by atoms with van der Waals surface area (Å²) in [6.07, 6.45) is -3.72. The van der Waals surface area contributed by atoms with Gasteiger partial charge in [-0.3, -0.25) is 14.9 Å². The molecule has 1 heterocycles. The lowest BCUT2D eigenvalue weighted by Gasteiger charge is -2.33. The number of nitrogens with one attached hydrogen (secondary N) is 1. The lowest BCUT2D eigenvalue weighted by Crippen LogP contribution is -2.44. The second kappa shape index (κ2) is 8.55. The number of methoxy groups -OCH3 is 1. The molecule has 0 saturated carbocycles. The maximum atomic E-state index is 12.8. The Morgan fingerprint density at radius 1 is 1.41 bits per heavy atom. The van der Waals surface area contributed by atoms with E-state index in [9.17, 15) is 28.1 Å². The number of amides is 1. The van der Waals surface area contributed by atoms with E-state index >= 15 is 0 Å². The van der Waals surface area contributed by atoms with Gasteiger partial charge >= 0.3 is 6.18 Å². The van der Waals surface area contributed by atoms with Crippen LogP contribution in [0, 0.1) is 16.0 Å². The van der Waals surface area contributed by atoms with Crippen molar-refractivity contribution in [2.24, 2.45) is 5.92 Å². The number of ether oxygens (including phenoxy) is 1. The predicted molar refractivity (Wildman–Crippen MR) is 92.5 cm³/mol. The van der Waals surface area contributed by atoms with Gasteiger partial charge in [-0.05, 0) is 31.9 Å². The van der Waals surface area contributed by atoms with Crippen molar-refractivity contribution in [3.05, 3.63) is 33.9 Å². The van der Waals surface area contributed by atoms with Crippen LogP contribution in [0.5, 0.6) is 0 Å². The highest BCUT2D eigenvalue weighted by Crippen LogP contribution is 2.37. The van der Waals surface area contributed by atoms with E-state index in [1.807, 2.05) is 6.92 Å². The number of carbonyl (C=O) groups excluding carboxylic acids is 1. The van der Waals surface area contributed by atoms with Gasteiger partial charge in [-0.2, -0.15) is 13.2 Å². The number of hydrogen-bond acceptors (Lipinski definition) is 5. The van der Waals surface area contributed by atoms with E-state index in [0.717, 1.165) is 12.1 Å². The van der Waals surface area contributed by atoms with Crippen LogP contribution in [0.25, 0.3) is 0 Å². The average molecular weight is 389 g/mol. The summed E-state index contributed by atoms with van der Waals surface area (Å²) < 4.78 is 43.4. The lowest BCUT2D eigenvalue weighted by atomic mass is 9.95. The molecule has 1 aromatic carbocycles. The van der Waals surface area contributed by atoms with Gasteiger partial charge in [0.15, 0.2) is 0 Å². The first-order valence-electron chi connectivity index (χ1n) is 8.53. The van der Waals surface area contributed by atoms with Crippen LogP contribution in [0.4, 0.5) is 24.5 Å². The van der Waals surface area contributed by atoms with E-state index in [-0.39, 0.29) is 23.6 Å². The molecule has 7 nitrogen and oxygen atoms in total. The fourth-order valence-corrected chi connectivity index (χ4v) is 3.15. The van der Waals surface area contributed by atoms with Crippen LogP contribution in [0.2, 0.25) is 0 Å². The number of anilines is 1. The summed E-state index contributed by atoms with van der Waals surface area (Å²) in [6.45, 7) is 2.91. The van der Waals surface area contributed by atoms with Crippen molar-refractivity contribution < 1.29 is 27.6 Å². The van der Waals surface area contributed by atoms with Crippen molar-refractivity contribution in [3.8, 4) is 0 Å². The zero-order valence-electron chi connectivity index (χ0n) is 15.1. The Bertz CT molecular complexity index is 688. The number of piperidine rings is 1. The van der Waals surface area contributed by atoms with Gasteiger partial charge in [0.05, 0.1) is 17.1 Å². The fraction of sp³-hybridized carbons (Fsp3) is 0.588. The van der Waals surface area contributed by atoms with Crippen molar-refractivity contribution in [1.29, 1.82) is 0 Å². The first kappa shape index (κ1) is 20.9. The molecule has 2 rings (SSSR count). The molecule has 0 aromatic heterocycles. The van der Waals surface area contributed by atoms with Crippen LogP contribution in [0.1, 0.15) is 25.3 Å². The van der Waals surface area contributed by atoms with Crippen molar-refractivity contribution in [2.45, 2.75) is 32.0 Å². The second-order valence-electron chi connectivity index (χ2n) is 6.58. The molecule has 1 aliphatic heterocycles. The topological polar surface area (TPSA) is 84.7 Å². The standard InChI is InChI=1S/C17H22F3N3O4/c1-11(10-27-2)21-16(24)12-5-7-22(8-6-12)14-4-3-13(17(18,19)20)9-15(14)23(25)26/h3-4,9,11-12H,5-8,10H2,1-2H3,(H,21,24). The highest BCUT2D eigenvalue weighted by Gasteiger charge is 2.35. The molecule has 1 aliphatic rings. The summed E-state index contributed by atoms with van der Waals surface area (Å²) in [4.78, 5) is 24.3. The first-order valence-corrected chi connectivity index (χ1v) is 8.53. The van der Waals surface area contributed by atoms with Gasteiger partial charge in [0.1, 0.15) is 5.69 Å². The molecule has 27 heavy (non-hydrogen) atoms. The Kier molecular flexibility index (Phi) is 6.63. The summed E-state index contributed by atoms with van der Waals surface area (Å²) in [5, 5.41) is 14.1. The van der Waals surface area contributed by atoms with Gasteiger partial charge in [0, 0.05) is 38.2 Å². The summed E-state index contributed by atoms with van der Waals surface area (Å²) in [7, 11) is 1.54. The number of rotatable bonds is 6. The zero-order valence-corrected chi connectivity index (χ0v) is 15.1. The van der Waals surface area contributed by atoms with Crippen LogP contribution in [0.15, 0.2) is 18.2 Å². The predicted octanol–water partition coefficient (Wildman–Crippen LogP) is 2.98. The Hall–Kier alpha value is -2.36. The number of halogens is 3. The van der Waals surface area contributed by atoms with E-state index in [1.54, 1.807) is 4.90 Å². The van der Waals surface area contributed by atoms with Crippen molar-refractivity contribution in [2.75, 3.05) is 31.7 Å². The number of nitrogens with zero attached hydrogens (tertiary/aromatic N) is 2. The van der Waals surface area contributed by atoms with E-state index in [4.69, 9.17) is 4.74 Å². The highest BCUT2D eigenvalue weighted by molar-refractivity contribution is 5.79. The van der Waals surface area contributed by atoms with Gasteiger partial charge < -0.3 is 15.0 Å². The lowest BCUT2D eigenvalue weighted by molar-refractivity contribution is -0.384. The van der Waals surface area contributed by atoms with Crippen LogP contribution >= 0.6 is 0 Å². The normalized spacial score (nSPS) is 16.9. The summed E-state index contributed by atoms with van der Waals surface area (Å²) in [6, 6.07) is 2.40. The van der Waals surface area contributed by atoms with Crippen LogP contribution in [0.3, 0.4) is 0 Å². The molecule has 0 bridgehead atoms. The molecule has 1 atom stereocenters. The van der Waals surface area contributed by atoms with Gasteiger partial charge in [-0.15, -0.1) is 0 Å². The maximum Gasteiger partial charge on any atom is 0.416 e. The smallest absolute Gasteiger partial charge is 0.383 e. The van der Waals surface area contributed by atoms with E-state index in [2.05, 4.69) is 5.32 Å². The zero-order chi connectivity index (χ0) is 20.2. The Morgan fingerprint density at radius 3 is 2.56 bits per heavy atom. The van der Waals surface area contributed by atoms with E-state index in [0.29, 0.717) is 38.6 Å². The Morgan fingerprint density at radius 2 is 2.04 bits per heavy atom. The van der Waals surface area contributed by atoms with Crippen molar-refractivity contribution in [1.82, 2.24) is 5.32 Å². The second-order valence-corrected chi connectivity index (χ2v) is 6.58. The largest absolute Gasteiger partial charge is 0.416 e. The number of carbonyl (C=O) groups is 1. The van der Waals surface area contributed by atoms with Crippen LogP contribution in [-0.2, 0) is 15.7 Å². The number of alkyl halides is 3. The molecule has 1 saturated heterocycles. The molecule has 1 amide bonds. The molecule has 1 unspecified atom stereocenters. The maximum absolute atomic E-state index is 12.8. The number of nitro groups is 1. The van der Waals surface area contributed by atoms with Crippen LogP contribution < -0.4 is 10.2 Å². The number of benzene rings is 1. The summed E-state index contributed by atoms with van der Waals surface area (Å²) in [5.74, 6) is -0.352. The molecule has 10 heteroatoms. The molecule has 0 radical (unpaired) electrons. The third-order valence-corrected chi connectivity index (χ3v) is 4.51. The van der Waals surface area contributed by atoms with Gasteiger partial charge in [0.2, 0.25) is 5.91 Å². The Labute approximate surface area is 154 Å².